The molecule has 0 amide bonds. The summed E-state index contributed by atoms with van der Waals surface area (Å²) < 4.78 is 2.00. The van der Waals surface area contributed by atoms with Crippen molar-refractivity contribution in [3.8, 4) is 11.4 Å². The molecule has 0 spiro atoms. The summed E-state index contributed by atoms with van der Waals surface area (Å²) in [4.78, 5) is 4.50. The Hall–Kier alpha value is -1.61. The van der Waals surface area contributed by atoms with Crippen LogP contribution in [-0.2, 0) is 13.5 Å². The monoisotopic (exact) mass is 216 g/mol. The Morgan fingerprint density at radius 1 is 1.25 bits per heavy atom. The van der Waals surface area contributed by atoms with Crippen LogP contribution in [0.4, 0.5) is 0 Å². The zero-order valence-corrected chi connectivity index (χ0v) is 9.64. The van der Waals surface area contributed by atoms with Crippen molar-refractivity contribution in [1.82, 2.24) is 9.55 Å². The molecule has 1 N–H and O–H groups in total. The van der Waals surface area contributed by atoms with E-state index in [4.69, 9.17) is 5.11 Å². The third-order valence-electron chi connectivity index (χ3n) is 2.60. The van der Waals surface area contributed by atoms with E-state index in [1.807, 2.05) is 17.8 Å². The van der Waals surface area contributed by atoms with Gasteiger partial charge in [0.1, 0.15) is 5.82 Å². The molecule has 2 rings (SSSR count). The van der Waals surface area contributed by atoms with Gasteiger partial charge in [0.05, 0.1) is 5.69 Å². The molecule has 0 bridgehead atoms. The summed E-state index contributed by atoms with van der Waals surface area (Å²) in [7, 11) is 1.98. The third-order valence-corrected chi connectivity index (χ3v) is 2.60. The highest BCUT2D eigenvalue weighted by Crippen LogP contribution is 2.18. The summed E-state index contributed by atoms with van der Waals surface area (Å²) in [6.07, 6.45) is 2.57. The lowest BCUT2D eigenvalue weighted by atomic mass is 10.1. The molecule has 0 radical (unpaired) electrons. The van der Waals surface area contributed by atoms with Crippen molar-refractivity contribution < 1.29 is 5.11 Å². The summed E-state index contributed by atoms with van der Waals surface area (Å²) >= 11 is 0. The van der Waals surface area contributed by atoms with Crippen molar-refractivity contribution in [2.45, 2.75) is 13.3 Å². The number of nitrogens with zero attached hydrogens (tertiary/aromatic N) is 2. The molecule has 0 aliphatic rings. The normalized spacial score (nSPS) is 10.7. The van der Waals surface area contributed by atoms with Crippen molar-refractivity contribution in [1.29, 1.82) is 0 Å². The zero-order chi connectivity index (χ0) is 11.5. The minimum absolute atomic E-state index is 0.143. The Bertz CT molecular complexity index is 471. The fourth-order valence-corrected chi connectivity index (χ4v) is 1.73. The molecule has 1 aromatic carbocycles. The van der Waals surface area contributed by atoms with Crippen LogP contribution in [0.15, 0.2) is 30.5 Å². The van der Waals surface area contributed by atoms with Crippen LogP contribution in [0, 0.1) is 6.92 Å². The van der Waals surface area contributed by atoms with E-state index in [1.54, 1.807) is 0 Å². The minimum Gasteiger partial charge on any atom is -0.396 e. The summed E-state index contributed by atoms with van der Waals surface area (Å²) in [6, 6.07) is 8.30. The molecule has 84 valence electrons. The number of hydrogen-bond acceptors (Lipinski definition) is 2. The van der Waals surface area contributed by atoms with Crippen LogP contribution in [0.25, 0.3) is 11.4 Å². The molecule has 0 aliphatic carbocycles. The fraction of sp³-hybridized carbons (Fsp3) is 0.308. The van der Waals surface area contributed by atoms with Crippen molar-refractivity contribution in [3.63, 3.8) is 0 Å². The lowest BCUT2D eigenvalue weighted by Crippen LogP contribution is -1.91. The Balaban J connectivity index is 2.36. The predicted molar refractivity (Wildman–Crippen MR) is 64.2 cm³/mol. The molecule has 0 fully saturated rings. The largest absolute Gasteiger partial charge is 0.396 e. The molecule has 0 aliphatic heterocycles. The van der Waals surface area contributed by atoms with Crippen LogP contribution in [0.1, 0.15) is 11.3 Å². The molecule has 0 saturated heterocycles. The van der Waals surface area contributed by atoms with Gasteiger partial charge >= 0.3 is 0 Å². The molecule has 1 aromatic heterocycles. The number of imidazole rings is 1. The molecule has 2 aromatic rings. The average molecular weight is 216 g/mol. The Morgan fingerprint density at radius 2 is 1.94 bits per heavy atom. The van der Waals surface area contributed by atoms with Gasteiger partial charge in [0, 0.05) is 31.8 Å². The minimum atomic E-state index is 0.143. The van der Waals surface area contributed by atoms with Crippen molar-refractivity contribution >= 4 is 0 Å². The van der Waals surface area contributed by atoms with Crippen LogP contribution in [0.2, 0.25) is 0 Å². The maximum atomic E-state index is 8.88. The fourth-order valence-electron chi connectivity index (χ4n) is 1.73. The van der Waals surface area contributed by atoms with Crippen LogP contribution < -0.4 is 0 Å². The third kappa shape index (κ3) is 2.14. The lowest BCUT2D eigenvalue weighted by Gasteiger charge is -2.01. The first kappa shape index (κ1) is 10.9. The van der Waals surface area contributed by atoms with E-state index in [2.05, 4.69) is 36.2 Å². The maximum absolute atomic E-state index is 8.88. The van der Waals surface area contributed by atoms with Crippen LogP contribution >= 0.6 is 0 Å². The van der Waals surface area contributed by atoms with E-state index in [0.717, 1.165) is 17.1 Å². The number of aryl methyl sites for hydroxylation is 2. The number of rotatable bonds is 3. The van der Waals surface area contributed by atoms with E-state index in [1.165, 1.54) is 5.56 Å². The van der Waals surface area contributed by atoms with Gasteiger partial charge in [0.15, 0.2) is 0 Å². The zero-order valence-electron chi connectivity index (χ0n) is 9.64. The molecule has 3 heteroatoms. The first-order chi connectivity index (χ1) is 7.70. The Kier molecular flexibility index (Phi) is 3.06. The molecular weight excluding hydrogens is 200 g/mol. The van der Waals surface area contributed by atoms with Gasteiger partial charge in [-0.1, -0.05) is 29.8 Å². The lowest BCUT2D eigenvalue weighted by molar-refractivity contribution is 0.298. The number of aromatic nitrogens is 2. The topological polar surface area (TPSA) is 38.1 Å². The number of aliphatic hydroxyl groups is 1. The van der Waals surface area contributed by atoms with E-state index < -0.39 is 0 Å². The SMILES string of the molecule is Cc1ccc(-c2nc(CCO)cn2C)cc1. The van der Waals surface area contributed by atoms with Gasteiger partial charge in [-0.3, -0.25) is 0 Å². The van der Waals surface area contributed by atoms with Gasteiger partial charge in [-0.25, -0.2) is 4.98 Å². The van der Waals surface area contributed by atoms with Gasteiger partial charge in [-0.15, -0.1) is 0 Å². The molecular formula is C13H16N2O. The highest BCUT2D eigenvalue weighted by molar-refractivity contribution is 5.56. The second-order valence-corrected chi connectivity index (χ2v) is 4.01. The van der Waals surface area contributed by atoms with Crippen molar-refractivity contribution in [2.24, 2.45) is 7.05 Å². The van der Waals surface area contributed by atoms with Crippen LogP contribution in [0.3, 0.4) is 0 Å². The second kappa shape index (κ2) is 4.49. The molecule has 0 unspecified atom stereocenters. The number of aliphatic hydroxyl groups excluding tert-OH is 1. The van der Waals surface area contributed by atoms with Gasteiger partial charge in [0.2, 0.25) is 0 Å². The van der Waals surface area contributed by atoms with E-state index >= 15 is 0 Å². The van der Waals surface area contributed by atoms with Crippen molar-refractivity contribution in [2.75, 3.05) is 6.61 Å². The summed E-state index contributed by atoms with van der Waals surface area (Å²) in [5.74, 6) is 0.948. The van der Waals surface area contributed by atoms with E-state index in [0.29, 0.717) is 6.42 Å². The van der Waals surface area contributed by atoms with Gasteiger partial charge in [-0.2, -0.15) is 0 Å². The first-order valence-corrected chi connectivity index (χ1v) is 5.41. The van der Waals surface area contributed by atoms with Crippen LogP contribution in [0.5, 0.6) is 0 Å². The Labute approximate surface area is 95.4 Å². The quantitative estimate of drug-likeness (QED) is 0.851. The highest BCUT2D eigenvalue weighted by atomic mass is 16.3. The molecule has 16 heavy (non-hydrogen) atoms. The molecule has 0 atom stereocenters. The summed E-state index contributed by atoms with van der Waals surface area (Å²) in [6.45, 7) is 2.21. The summed E-state index contributed by atoms with van der Waals surface area (Å²) in [5.41, 5.74) is 3.28. The smallest absolute Gasteiger partial charge is 0.139 e. The summed E-state index contributed by atoms with van der Waals surface area (Å²) in [5, 5.41) is 8.88. The number of hydrogen-bond donors (Lipinski definition) is 1. The molecule has 3 nitrogen and oxygen atoms in total. The highest BCUT2D eigenvalue weighted by Gasteiger charge is 2.06. The van der Waals surface area contributed by atoms with E-state index in [9.17, 15) is 0 Å². The predicted octanol–water partition coefficient (Wildman–Crippen LogP) is 1.93. The number of benzene rings is 1. The van der Waals surface area contributed by atoms with Gasteiger partial charge < -0.3 is 9.67 Å². The standard InChI is InChI=1S/C13H16N2O/c1-10-3-5-11(6-4-10)13-14-12(7-8-16)9-15(13)2/h3-6,9,16H,7-8H2,1-2H3. The van der Waals surface area contributed by atoms with Crippen LogP contribution in [-0.4, -0.2) is 21.3 Å². The van der Waals surface area contributed by atoms with Gasteiger partial charge in [0.25, 0.3) is 0 Å². The second-order valence-electron chi connectivity index (χ2n) is 4.01. The average Bonchev–Trinajstić information content (AvgIpc) is 2.61. The first-order valence-electron chi connectivity index (χ1n) is 5.41. The molecule has 1 heterocycles. The van der Waals surface area contributed by atoms with Gasteiger partial charge in [-0.05, 0) is 6.92 Å². The molecule has 0 saturated carbocycles. The maximum Gasteiger partial charge on any atom is 0.139 e. The Morgan fingerprint density at radius 3 is 2.56 bits per heavy atom. The van der Waals surface area contributed by atoms with E-state index in [-0.39, 0.29) is 6.61 Å². The van der Waals surface area contributed by atoms with Crippen molar-refractivity contribution in [3.05, 3.63) is 41.7 Å².